The van der Waals surface area contributed by atoms with Crippen molar-refractivity contribution in [3.05, 3.63) is 63.9 Å². The first kappa shape index (κ1) is 15.8. The maximum absolute atomic E-state index is 13.7. The Hall–Kier alpha value is -2.54. The second-order valence-corrected chi connectivity index (χ2v) is 4.61. The van der Waals surface area contributed by atoms with Crippen LogP contribution < -0.4 is 11.1 Å². The number of carbonyl (C=O) groups excluding carboxylic acids is 2. The number of halogens is 4. The lowest BCUT2D eigenvalue weighted by molar-refractivity contribution is 0.0992. The lowest BCUT2D eigenvalue weighted by Crippen LogP contribution is -2.17. The van der Waals surface area contributed by atoms with Gasteiger partial charge < -0.3 is 11.1 Å². The van der Waals surface area contributed by atoms with Gasteiger partial charge in [-0.1, -0.05) is 11.6 Å². The van der Waals surface area contributed by atoms with E-state index in [4.69, 9.17) is 17.3 Å². The molecule has 0 spiro atoms. The van der Waals surface area contributed by atoms with Gasteiger partial charge in [0.25, 0.3) is 11.8 Å². The highest BCUT2D eigenvalue weighted by molar-refractivity contribution is 6.31. The molecule has 0 unspecified atom stereocenters. The van der Waals surface area contributed by atoms with Crippen LogP contribution in [0.4, 0.5) is 18.9 Å². The zero-order valence-corrected chi connectivity index (χ0v) is 11.5. The van der Waals surface area contributed by atoms with Gasteiger partial charge in [-0.25, -0.2) is 13.2 Å². The van der Waals surface area contributed by atoms with Crippen molar-refractivity contribution >= 4 is 29.1 Å². The lowest BCUT2D eigenvalue weighted by atomic mass is 10.1. The molecule has 0 saturated carbocycles. The van der Waals surface area contributed by atoms with Crippen LogP contribution in [0, 0.1) is 17.5 Å². The second-order valence-electron chi connectivity index (χ2n) is 4.24. The molecule has 2 amide bonds. The standard InChI is InChI=1S/C14H8ClF3N2O2/c15-11-10(17)4-2-7(12(11)18)14(22)20-6-1-3-9(16)8(5-6)13(19)21/h1-5H,(H2,19,21)(H,20,22). The molecule has 2 aromatic carbocycles. The topological polar surface area (TPSA) is 72.2 Å². The third-order valence-corrected chi connectivity index (χ3v) is 3.12. The third kappa shape index (κ3) is 3.04. The van der Waals surface area contributed by atoms with Crippen LogP contribution in [0.15, 0.2) is 30.3 Å². The van der Waals surface area contributed by atoms with Gasteiger partial charge in [-0.15, -0.1) is 0 Å². The fraction of sp³-hybridized carbons (Fsp3) is 0. The SMILES string of the molecule is NC(=O)c1cc(NC(=O)c2ccc(F)c(Cl)c2F)ccc1F. The summed E-state index contributed by atoms with van der Waals surface area (Å²) in [6, 6.07) is 4.81. The van der Waals surface area contributed by atoms with Crippen molar-refractivity contribution in [2.75, 3.05) is 5.32 Å². The van der Waals surface area contributed by atoms with Gasteiger partial charge in [-0.2, -0.15) is 0 Å². The average molecular weight is 329 g/mol. The van der Waals surface area contributed by atoms with E-state index >= 15 is 0 Å². The molecule has 0 atom stereocenters. The maximum Gasteiger partial charge on any atom is 0.258 e. The summed E-state index contributed by atoms with van der Waals surface area (Å²) >= 11 is 5.38. The number of rotatable bonds is 3. The zero-order chi connectivity index (χ0) is 16.4. The van der Waals surface area contributed by atoms with Crippen LogP contribution >= 0.6 is 11.6 Å². The van der Waals surface area contributed by atoms with E-state index in [0.29, 0.717) is 0 Å². The normalized spacial score (nSPS) is 10.4. The van der Waals surface area contributed by atoms with Crippen molar-refractivity contribution in [2.24, 2.45) is 5.73 Å². The monoisotopic (exact) mass is 328 g/mol. The van der Waals surface area contributed by atoms with Crippen molar-refractivity contribution in [1.29, 1.82) is 0 Å². The highest BCUT2D eigenvalue weighted by Gasteiger charge is 2.18. The summed E-state index contributed by atoms with van der Waals surface area (Å²) in [5.74, 6) is -5.06. The van der Waals surface area contributed by atoms with Crippen LogP contribution in [-0.4, -0.2) is 11.8 Å². The van der Waals surface area contributed by atoms with E-state index in [1.54, 1.807) is 0 Å². The summed E-state index contributed by atoms with van der Waals surface area (Å²) in [6.07, 6.45) is 0. The van der Waals surface area contributed by atoms with Crippen LogP contribution in [0.25, 0.3) is 0 Å². The molecular formula is C14H8ClF3N2O2. The van der Waals surface area contributed by atoms with E-state index < -0.39 is 45.4 Å². The predicted molar refractivity (Wildman–Crippen MR) is 74.2 cm³/mol. The van der Waals surface area contributed by atoms with Crippen LogP contribution in [-0.2, 0) is 0 Å². The molecule has 3 N–H and O–H groups in total. The number of nitrogens with two attached hydrogens (primary N) is 1. The molecular weight excluding hydrogens is 321 g/mol. The largest absolute Gasteiger partial charge is 0.366 e. The Bertz CT molecular complexity index is 781. The first-order valence-electron chi connectivity index (χ1n) is 5.85. The zero-order valence-electron chi connectivity index (χ0n) is 10.8. The highest BCUT2D eigenvalue weighted by Crippen LogP contribution is 2.23. The number of hydrogen-bond acceptors (Lipinski definition) is 2. The maximum atomic E-state index is 13.7. The van der Waals surface area contributed by atoms with E-state index in [9.17, 15) is 22.8 Å². The molecule has 0 fully saturated rings. The summed E-state index contributed by atoms with van der Waals surface area (Å²) in [5, 5.41) is 1.42. The molecule has 0 aliphatic carbocycles. The molecule has 22 heavy (non-hydrogen) atoms. The van der Waals surface area contributed by atoms with Gasteiger partial charge in [-0.3, -0.25) is 9.59 Å². The number of benzene rings is 2. The smallest absolute Gasteiger partial charge is 0.258 e. The molecule has 4 nitrogen and oxygen atoms in total. The molecule has 0 bridgehead atoms. The van der Waals surface area contributed by atoms with Gasteiger partial charge >= 0.3 is 0 Å². The molecule has 0 aromatic heterocycles. The van der Waals surface area contributed by atoms with Gasteiger partial charge in [0.15, 0.2) is 5.82 Å². The Morgan fingerprint density at radius 1 is 1.00 bits per heavy atom. The molecule has 0 aliphatic rings. The Morgan fingerprint density at radius 3 is 2.27 bits per heavy atom. The minimum absolute atomic E-state index is 0.0139. The van der Waals surface area contributed by atoms with Gasteiger partial charge in [0.1, 0.15) is 16.7 Å². The van der Waals surface area contributed by atoms with E-state index in [2.05, 4.69) is 5.32 Å². The van der Waals surface area contributed by atoms with Crippen molar-refractivity contribution in [2.45, 2.75) is 0 Å². The Kier molecular flexibility index (Phi) is 4.37. The Balaban J connectivity index is 2.32. The third-order valence-electron chi connectivity index (χ3n) is 2.77. The predicted octanol–water partition coefficient (Wildman–Crippen LogP) is 3.11. The average Bonchev–Trinajstić information content (AvgIpc) is 2.46. The summed E-state index contributed by atoms with van der Waals surface area (Å²) in [5.41, 5.74) is 4.05. The quantitative estimate of drug-likeness (QED) is 0.850. The number of anilines is 1. The van der Waals surface area contributed by atoms with Gasteiger partial charge in [0, 0.05) is 5.69 Å². The molecule has 114 valence electrons. The van der Waals surface area contributed by atoms with Crippen molar-refractivity contribution in [1.82, 2.24) is 0 Å². The summed E-state index contributed by atoms with van der Waals surface area (Å²) < 4.78 is 40.1. The van der Waals surface area contributed by atoms with Gasteiger partial charge in [0.05, 0.1) is 11.1 Å². The summed E-state index contributed by atoms with van der Waals surface area (Å²) in [7, 11) is 0. The molecule has 0 radical (unpaired) electrons. The van der Waals surface area contributed by atoms with Gasteiger partial charge in [-0.05, 0) is 30.3 Å². The number of nitrogens with one attached hydrogen (secondary N) is 1. The van der Waals surface area contributed by atoms with Crippen LogP contribution in [0.2, 0.25) is 5.02 Å². The van der Waals surface area contributed by atoms with Crippen molar-refractivity contribution in [3.63, 3.8) is 0 Å². The molecule has 0 aliphatic heterocycles. The molecule has 8 heteroatoms. The van der Waals surface area contributed by atoms with E-state index in [1.807, 2.05) is 0 Å². The van der Waals surface area contributed by atoms with Crippen LogP contribution in [0.1, 0.15) is 20.7 Å². The first-order valence-corrected chi connectivity index (χ1v) is 6.23. The van der Waals surface area contributed by atoms with E-state index in [-0.39, 0.29) is 5.69 Å². The minimum atomic E-state index is -1.23. The molecule has 0 heterocycles. The van der Waals surface area contributed by atoms with Crippen LogP contribution in [0.3, 0.4) is 0 Å². The highest BCUT2D eigenvalue weighted by atomic mass is 35.5. The Morgan fingerprint density at radius 2 is 1.64 bits per heavy atom. The van der Waals surface area contributed by atoms with E-state index in [0.717, 1.165) is 30.3 Å². The molecule has 2 aromatic rings. The first-order chi connectivity index (χ1) is 10.3. The fourth-order valence-corrected chi connectivity index (χ4v) is 1.86. The number of primary amides is 1. The number of amides is 2. The molecule has 0 saturated heterocycles. The van der Waals surface area contributed by atoms with Crippen molar-refractivity contribution in [3.8, 4) is 0 Å². The Labute approximate surface area is 127 Å². The van der Waals surface area contributed by atoms with Crippen molar-refractivity contribution < 1.29 is 22.8 Å². The van der Waals surface area contributed by atoms with E-state index in [1.165, 1.54) is 0 Å². The van der Waals surface area contributed by atoms with Crippen LogP contribution in [0.5, 0.6) is 0 Å². The van der Waals surface area contributed by atoms with Gasteiger partial charge in [0.2, 0.25) is 0 Å². The summed E-state index contributed by atoms with van der Waals surface area (Å²) in [4.78, 5) is 22.9. The minimum Gasteiger partial charge on any atom is -0.366 e. The number of hydrogen-bond donors (Lipinski definition) is 2. The fourth-order valence-electron chi connectivity index (χ4n) is 1.69. The summed E-state index contributed by atoms with van der Waals surface area (Å²) in [6.45, 7) is 0. The molecule has 2 rings (SSSR count). The second kappa shape index (κ2) is 6.07. The lowest BCUT2D eigenvalue weighted by Gasteiger charge is -2.08. The number of carbonyl (C=O) groups is 2.